The summed E-state index contributed by atoms with van der Waals surface area (Å²) in [5.41, 5.74) is 0. The number of hydrogen-bond donors (Lipinski definition) is 1. The molecule has 0 fully saturated rings. The Hall–Kier alpha value is 0.0569. The topological polar surface area (TPSA) is 33.7 Å². The third-order valence-electron chi connectivity index (χ3n) is 1.88. The summed E-state index contributed by atoms with van der Waals surface area (Å²) in [6.45, 7) is 3.12. The van der Waals surface area contributed by atoms with Crippen molar-refractivity contribution in [1.29, 1.82) is 0 Å². The van der Waals surface area contributed by atoms with Crippen LogP contribution in [0.2, 0.25) is 0 Å². The van der Waals surface area contributed by atoms with Gasteiger partial charge < -0.3 is 19.1 Å². The van der Waals surface area contributed by atoms with E-state index in [-0.39, 0.29) is 0 Å². The molecule has 14 heavy (non-hydrogen) atoms. The lowest BCUT2D eigenvalue weighted by molar-refractivity contribution is 0.284. The minimum Gasteiger partial charge on any atom is -0.400 e. The van der Waals surface area contributed by atoms with Crippen LogP contribution in [0.4, 0.5) is 0 Å². The van der Waals surface area contributed by atoms with Crippen molar-refractivity contribution in [2.75, 3.05) is 47.9 Å². The second kappa shape index (κ2) is 9.61. The van der Waals surface area contributed by atoms with Crippen LogP contribution in [0.3, 0.4) is 0 Å². The second-order valence-electron chi connectivity index (χ2n) is 3.42. The first-order valence-corrected chi connectivity index (χ1v) is 6.56. The molecule has 0 atom stereocenters. The molecule has 1 radical (unpaired) electrons. The molecule has 0 spiro atoms. The van der Waals surface area contributed by atoms with Crippen molar-refractivity contribution in [3.8, 4) is 0 Å². The summed E-state index contributed by atoms with van der Waals surface area (Å²) in [6.07, 6.45) is 1.02. The van der Waals surface area contributed by atoms with Crippen LogP contribution in [0.15, 0.2) is 0 Å². The number of nitrogens with zero attached hydrogens (tertiary/aromatic N) is 1. The van der Waals surface area contributed by atoms with Crippen LogP contribution in [-0.4, -0.2) is 62.1 Å². The van der Waals surface area contributed by atoms with Crippen LogP contribution in [0.1, 0.15) is 6.42 Å². The summed E-state index contributed by atoms with van der Waals surface area (Å²) in [4.78, 5) is 2.17. The first-order valence-electron chi connectivity index (χ1n) is 4.95. The van der Waals surface area contributed by atoms with E-state index < -0.39 is 9.28 Å². The highest BCUT2D eigenvalue weighted by molar-refractivity contribution is 6.48. The van der Waals surface area contributed by atoms with Gasteiger partial charge in [0.25, 0.3) is 0 Å². The molecule has 85 valence electrons. The zero-order valence-corrected chi connectivity index (χ0v) is 10.9. The first kappa shape index (κ1) is 14.1. The predicted octanol–water partition coefficient (Wildman–Crippen LogP) is -0.216. The van der Waals surface area contributed by atoms with Crippen molar-refractivity contribution in [2.24, 2.45) is 0 Å². The highest BCUT2D eigenvalue weighted by Crippen LogP contribution is 1.94. The second-order valence-corrected chi connectivity index (χ2v) is 5.57. The Kier molecular flexibility index (Phi) is 9.64. The van der Waals surface area contributed by atoms with Crippen molar-refractivity contribution in [3.05, 3.63) is 6.04 Å². The van der Waals surface area contributed by atoms with E-state index in [1.165, 1.54) is 0 Å². The number of likely N-dealkylation sites (N-methyl/N-ethyl adjacent to an activating group) is 1. The van der Waals surface area contributed by atoms with E-state index in [1.54, 1.807) is 14.2 Å². The van der Waals surface area contributed by atoms with Gasteiger partial charge in [0, 0.05) is 33.4 Å². The van der Waals surface area contributed by atoms with Crippen LogP contribution in [0.25, 0.3) is 0 Å². The van der Waals surface area contributed by atoms with Crippen molar-refractivity contribution >= 4 is 9.28 Å². The van der Waals surface area contributed by atoms with Crippen LogP contribution < -0.4 is 5.32 Å². The molecule has 0 unspecified atom stereocenters. The third-order valence-corrected chi connectivity index (χ3v) is 3.53. The molecule has 1 N–H and O–H groups in total. The maximum atomic E-state index is 5.17. The van der Waals surface area contributed by atoms with Crippen molar-refractivity contribution in [1.82, 2.24) is 10.2 Å². The first-order chi connectivity index (χ1) is 6.70. The van der Waals surface area contributed by atoms with Gasteiger partial charge in [0.1, 0.15) is 0 Å². The molecule has 0 aromatic rings. The predicted molar refractivity (Wildman–Crippen MR) is 61.5 cm³/mol. The molecule has 0 aliphatic carbocycles. The molecule has 0 heterocycles. The van der Waals surface area contributed by atoms with Gasteiger partial charge in [0.05, 0.1) is 0 Å². The van der Waals surface area contributed by atoms with E-state index in [0.29, 0.717) is 0 Å². The van der Waals surface area contributed by atoms with E-state index in [2.05, 4.69) is 30.4 Å². The van der Waals surface area contributed by atoms with Gasteiger partial charge in [-0.1, -0.05) is 0 Å². The average Bonchev–Trinajstić information content (AvgIpc) is 2.16. The fraction of sp³-hybridized carbons (Fsp3) is 0.889. The highest BCUT2D eigenvalue weighted by atomic mass is 28.3. The average molecular weight is 219 g/mol. The van der Waals surface area contributed by atoms with Gasteiger partial charge in [-0.3, -0.25) is 0 Å². The Labute approximate surface area is 89.4 Å². The lowest BCUT2D eigenvalue weighted by atomic mass is 10.4. The summed E-state index contributed by atoms with van der Waals surface area (Å²) in [7, 11) is 6.12. The lowest BCUT2D eigenvalue weighted by Crippen LogP contribution is -2.28. The molecule has 0 amide bonds. The monoisotopic (exact) mass is 219 g/mol. The van der Waals surface area contributed by atoms with Crippen LogP contribution in [0.5, 0.6) is 0 Å². The number of rotatable bonds is 9. The fourth-order valence-electron chi connectivity index (χ4n) is 1.04. The quantitative estimate of drug-likeness (QED) is 0.430. The molecular formula is C9H23N2O2Si. The molecule has 0 bridgehead atoms. The Morgan fingerprint density at radius 2 is 1.86 bits per heavy atom. The van der Waals surface area contributed by atoms with Crippen LogP contribution >= 0.6 is 0 Å². The van der Waals surface area contributed by atoms with Gasteiger partial charge in [0.2, 0.25) is 0 Å². The highest BCUT2D eigenvalue weighted by Gasteiger charge is 2.08. The van der Waals surface area contributed by atoms with Gasteiger partial charge in [-0.2, -0.15) is 0 Å². The molecule has 0 rings (SSSR count). The van der Waals surface area contributed by atoms with Gasteiger partial charge in [-0.05, 0) is 27.1 Å². The van der Waals surface area contributed by atoms with E-state index >= 15 is 0 Å². The zero-order chi connectivity index (χ0) is 10.8. The Bertz CT molecular complexity index is 121. The number of nitrogens with one attached hydrogen (secondary N) is 1. The Balaban J connectivity index is 3.12. The van der Waals surface area contributed by atoms with Crippen molar-refractivity contribution in [3.63, 3.8) is 0 Å². The van der Waals surface area contributed by atoms with Gasteiger partial charge in [-0.25, -0.2) is 0 Å². The van der Waals surface area contributed by atoms with Crippen molar-refractivity contribution in [2.45, 2.75) is 6.42 Å². The molecule has 0 aromatic carbocycles. The number of hydrogen-bond acceptors (Lipinski definition) is 4. The third kappa shape index (κ3) is 8.65. The van der Waals surface area contributed by atoms with E-state index in [9.17, 15) is 0 Å². The summed E-state index contributed by atoms with van der Waals surface area (Å²) in [6, 6.07) is 2.16. The van der Waals surface area contributed by atoms with E-state index in [1.807, 2.05) is 0 Å². The maximum absolute atomic E-state index is 5.17. The van der Waals surface area contributed by atoms with E-state index in [4.69, 9.17) is 8.85 Å². The minimum absolute atomic E-state index is 1.00. The van der Waals surface area contributed by atoms with Gasteiger partial charge in [0.15, 0.2) is 0 Å². The Morgan fingerprint density at radius 1 is 1.21 bits per heavy atom. The standard InChI is InChI=1S/C9H23N2O2Si/c1-11(2)8-7-10-6-5-9-14(12-3)13-4/h9-10,14H,5-8H2,1-4H3. The molecule has 0 aliphatic heterocycles. The van der Waals surface area contributed by atoms with Crippen LogP contribution in [0, 0.1) is 6.04 Å². The van der Waals surface area contributed by atoms with Crippen LogP contribution in [-0.2, 0) is 8.85 Å². The summed E-state index contributed by atoms with van der Waals surface area (Å²) in [5.74, 6) is 0. The normalized spacial score (nSPS) is 11.6. The molecular weight excluding hydrogens is 196 g/mol. The molecule has 4 nitrogen and oxygen atoms in total. The van der Waals surface area contributed by atoms with Crippen molar-refractivity contribution < 1.29 is 8.85 Å². The van der Waals surface area contributed by atoms with Gasteiger partial charge >= 0.3 is 9.28 Å². The van der Waals surface area contributed by atoms with E-state index in [0.717, 1.165) is 26.1 Å². The molecule has 0 saturated carbocycles. The SMILES string of the molecule is CO[SiH]([CH]CCNCCN(C)C)OC. The largest absolute Gasteiger partial charge is 0.400 e. The lowest BCUT2D eigenvalue weighted by Gasteiger charge is -2.12. The molecule has 0 aliphatic rings. The summed E-state index contributed by atoms with van der Waals surface area (Å²) < 4.78 is 10.3. The summed E-state index contributed by atoms with van der Waals surface area (Å²) in [5, 5.41) is 3.36. The zero-order valence-electron chi connectivity index (χ0n) is 9.75. The van der Waals surface area contributed by atoms with Gasteiger partial charge in [-0.15, -0.1) is 0 Å². The molecule has 0 aromatic heterocycles. The smallest absolute Gasteiger partial charge is 0.324 e. The Morgan fingerprint density at radius 3 is 2.36 bits per heavy atom. The molecule has 0 saturated heterocycles. The minimum atomic E-state index is -1.44. The molecule has 5 heteroatoms. The fourth-order valence-corrected chi connectivity index (χ4v) is 2.05. The maximum Gasteiger partial charge on any atom is 0.324 e. The summed E-state index contributed by atoms with van der Waals surface area (Å²) >= 11 is 0.